The van der Waals surface area contributed by atoms with Gasteiger partial charge in [-0.25, -0.2) is 4.79 Å². The highest BCUT2D eigenvalue weighted by atomic mass is 35.5. The van der Waals surface area contributed by atoms with Crippen LogP contribution in [0.2, 0.25) is 0 Å². The molecule has 0 N–H and O–H groups in total. The van der Waals surface area contributed by atoms with Crippen LogP contribution in [0.25, 0.3) is 0 Å². The summed E-state index contributed by atoms with van der Waals surface area (Å²) < 4.78 is 21.5. The standard InChI is InChI=1S/C24H31N3O7.ClH/c1-5-34-24(28)17-6-8-20(27(29)30)19(14-17)16-26-12-10-25(11-13-26)15-18-7-9-21(31-2)23(33-4)22(18)32-3;/h6-9,14H,5,10-13,15-16H2,1-4H3;1H. The van der Waals surface area contributed by atoms with Crippen molar-refractivity contribution >= 4 is 24.1 Å². The van der Waals surface area contributed by atoms with E-state index in [1.165, 1.54) is 12.1 Å². The maximum absolute atomic E-state index is 12.1. The van der Waals surface area contributed by atoms with E-state index in [1.54, 1.807) is 34.3 Å². The number of rotatable bonds is 10. The molecule has 1 fully saturated rings. The summed E-state index contributed by atoms with van der Waals surface area (Å²) in [5.41, 5.74) is 1.82. The van der Waals surface area contributed by atoms with Gasteiger partial charge in [0.05, 0.1) is 38.4 Å². The van der Waals surface area contributed by atoms with Gasteiger partial charge in [-0.2, -0.15) is 0 Å². The summed E-state index contributed by atoms with van der Waals surface area (Å²) in [6.07, 6.45) is 0. The molecule has 3 rings (SSSR count). The molecule has 0 amide bonds. The molecule has 0 saturated carbocycles. The summed E-state index contributed by atoms with van der Waals surface area (Å²) in [7, 11) is 4.78. The van der Waals surface area contributed by atoms with Crippen LogP contribution in [0.1, 0.15) is 28.4 Å². The zero-order valence-corrected chi connectivity index (χ0v) is 21.3. The number of nitro benzene ring substituents is 1. The Bertz CT molecular complexity index is 1030. The number of piperazine rings is 1. The second-order valence-corrected chi connectivity index (χ2v) is 7.87. The van der Waals surface area contributed by atoms with Crippen molar-refractivity contribution in [1.29, 1.82) is 0 Å². The second-order valence-electron chi connectivity index (χ2n) is 7.87. The van der Waals surface area contributed by atoms with Gasteiger partial charge in [0.2, 0.25) is 5.75 Å². The summed E-state index contributed by atoms with van der Waals surface area (Å²) in [4.78, 5) is 27.6. The van der Waals surface area contributed by atoms with Crippen molar-refractivity contribution in [1.82, 2.24) is 9.80 Å². The number of hydrogen-bond donors (Lipinski definition) is 0. The molecule has 2 aromatic carbocycles. The molecule has 192 valence electrons. The van der Waals surface area contributed by atoms with Gasteiger partial charge in [-0.1, -0.05) is 6.07 Å². The number of halogens is 1. The molecule has 11 heteroatoms. The van der Waals surface area contributed by atoms with E-state index in [-0.39, 0.29) is 24.7 Å². The molecular formula is C24H32ClN3O7. The fourth-order valence-electron chi connectivity index (χ4n) is 4.11. The summed E-state index contributed by atoms with van der Waals surface area (Å²) in [6.45, 7) is 6.06. The van der Waals surface area contributed by atoms with Gasteiger partial charge in [0.15, 0.2) is 11.5 Å². The lowest BCUT2D eigenvalue weighted by Gasteiger charge is -2.35. The molecule has 0 bridgehead atoms. The number of nitrogens with zero attached hydrogens (tertiary/aromatic N) is 3. The molecule has 0 unspecified atom stereocenters. The molecule has 1 saturated heterocycles. The van der Waals surface area contributed by atoms with E-state index in [0.29, 0.717) is 41.5 Å². The Morgan fingerprint density at radius 1 is 0.914 bits per heavy atom. The minimum Gasteiger partial charge on any atom is -0.493 e. The van der Waals surface area contributed by atoms with E-state index in [4.69, 9.17) is 18.9 Å². The van der Waals surface area contributed by atoms with Gasteiger partial charge in [-0.05, 0) is 25.1 Å². The Labute approximate surface area is 211 Å². The highest BCUT2D eigenvalue weighted by Gasteiger charge is 2.24. The van der Waals surface area contributed by atoms with Crippen molar-refractivity contribution < 1.29 is 28.7 Å². The third kappa shape index (κ3) is 6.74. The van der Waals surface area contributed by atoms with E-state index in [0.717, 1.165) is 31.7 Å². The van der Waals surface area contributed by atoms with Crippen LogP contribution in [0.5, 0.6) is 17.2 Å². The smallest absolute Gasteiger partial charge is 0.338 e. The van der Waals surface area contributed by atoms with E-state index < -0.39 is 10.9 Å². The Morgan fingerprint density at radius 3 is 2.03 bits per heavy atom. The first-order valence-corrected chi connectivity index (χ1v) is 11.1. The zero-order valence-electron chi connectivity index (χ0n) is 20.4. The lowest BCUT2D eigenvalue weighted by Crippen LogP contribution is -2.45. The van der Waals surface area contributed by atoms with Crippen LogP contribution in [0.15, 0.2) is 30.3 Å². The van der Waals surface area contributed by atoms with Crippen molar-refractivity contribution in [2.45, 2.75) is 20.0 Å². The molecule has 2 aromatic rings. The fourth-order valence-corrected chi connectivity index (χ4v) is 4.11. The number of ether oxygens (including phenoxy) is 4. The topological polar surface area (TPSA) is 104 Å². The Hall–Kier alpha value is -3.08. The van der Waals surface area contributed by atoms with E-state index >= 15 is 0 Å². The number of nitro groups is 1. The number of methoxy groups -OCH3 is 3. The Balaban J connectivity index is 0.00000432. The quantitative estimate of drug-likeness (QED) is 0.270. The minimum absolute atomic E-state index is 0. The SMILES string of the molecule is CCOC(=O)c1ccc([N+](=O)[O-])c(CN2CCN(Cc3ccc(OC)c(OC)c3OC)CC2)c1.Cl. The van der Waals surface area contributed by atoms with Crippen molar-refractivity contribution in [2.75, 3.05) is 54.1 Å². The maximum Gasteiger partial charge on any atom is 0.338 e. The van der Waals surface area contributed by atoms with E-state index in [9.17, 15) is 14.9 Å². The summed E-state index contributed by atoms with van der Waals surface area (Å²) in [5.74, 6) is 1.34. The summed E-state index contributed by atoms with van der Waals surface area (Å²) >= 11 is 0. The van der Waals surface area contributed by atoms with Crippen LogP contribution < -0.4 is 14.2 Å². The number of hydrogen-bond acceptors (Lipinski definition) is 9. The molecule has 0 radical (unpaired) electrons. The first-order chi connectivity index (χ1) is 16.4. The molecule has 0 spiro atoms. The lowest BCUT2D eigenvalue weighted by molar-refractivity contribution is -0.385. The average molecular weight is 510 g/mol. The largest absolute Gasteiger partial charge is 0.493 e. The van der Waals surface area contributed by atoms with Crippen LogP contribution in [0.4, 0.5) is 5.69 Å². The van der Waals surface area contributed by atoms with Crippen molar-refractivity contribution in [3.63, 3.8) is 0 Å². The van der Waals surface area contributed by atoms with Crippen LogP contribution in [0, 0.1) is 10.1 Å². The molecule has 1 heterocycles. The number of carbonyl (C=O) groups is 1. The van der Waals surface area contributed by atoms with Gasteiger partial charge in [0.25, 0.3) is 5.69 Å². The van der Waals surface area contributed by atoms with Crippen LogP contribution in [-0.4, -0.2) is 74.8 Å². The Kier molecular flexibility index (Phi) is 10.6. The molecule has 35 heavy (non-hydrogen) atoms. The number of esters is 1. The number of carbonyl (C=O) groups excluding carboxylic acids is 1. The fraction of sp³-hybridized carbons (Fsp3) is 0.458. The first kappa shape index (κ1) is 28.2. The molecule has 10 nitrogen and oxygen atoms in total. The van der Waals surface area contributed by atoms with Crippen molar-refractivity contribution in [3.8, 4) is 17.2 Å². The van der Waals surface area contributed by atoms with Crippen molar-refractivity contribution in [2.24, 2.45) is 0 Å². The van der Waals surface area contributed by atoms with Gasteiger partial charge in [-0.15, -0.1) is 12.4 Å². The highest BCUT2D eigenvalue weighted by molar-refractivity contribution is 5.90. The Morgan fingerprint density at radius 2 is 1.51 bits per heavy atom. The second kappa shape index (κ2) is 13.1. The lowest BCUT2D eigenvalue weighted by atomic mass is 10.1. The summed E-state index contributed by atoms with van der Waals surface area (Å²) in [5, 5.41) is 11.5. The van der Waals surface area contributed by atoms with Crippen LogP contribution in [-0.2, 0) is 17.8 Å². The molecule has 1 aliphatic heterocycles. The van der Waals surface area contributed by atoms with Gasteiger partial charge in [0.1, 0.15) is 0 Å². The highest BCUT2D eigenvalue weighted by Crippen LogP contribution is 2.40. The van der Waals surface area contributed by atoms with Gasteiger partial charge < -0.3 is 18.9 Å². The third-order valence-electron chi connectivity index (χ3n) is 5.83. The summed E-state index contributed by atoms with van der Waals surface area (Å²) in [6, 6.07) is 8.21. The zero-order chi connectivity index (χ0) is 24.7. The van der Waals surface area contributed by atoms with Gasteiger partial charge in [-0.3, -0.25) is 19.9 Å². The predicted octanol–water partition coefficient (Wildman–Crippen LogP) is 3.54. The van der Waals surface area contributed by atoms with Gasteiger partial charge >= 0.3 is 5.97 Å². The molecule has 0 aliphatic carbocycles. The third-order valence-corrected chi connectivity index (χ3v) is 5.83. The maximum atomic E-state index is 12.1. The van der Waals surface area contributed by atoms with E-state index in [2.05, 4.69) is 9.80 Å². The van der Waals surface area contributed by atoms with E-state index in [1.807, 2.05) is 12.1 Å². The monoisotopic (exact) mass is 509 g/mol. The van der Waals surface area contributed by atoms with Crippen LogP contribution >= 0.6 is 12.4 Å². The molecule has 1 aliphatic rings. The molecular weight excluding hydrogens is 478 g/mol. The first-order valence-electron chi connectivity index (χ1n) is 11.1. The molecule has 0 atom stereocenters. The average Bonchev–Trinajstić information content (AvgIpc) is 2.84. The van der Waals surface area contributed by atoms with Gasteiger partial charge in [0, 0.05) is 56.5 Å². The minimum atomic E-state index is -0.479. The molecule has 0 aromatic heterocycles. The number of benzene rings is 2. The normalized spacial score (nSPS) is 14.1. The van der Waals surface area contributed by atoms with Crippen LogP contribution in [0.3, 0.4) is 0 Å². The van der Waals surface area contributed by atoms with Crippen molar-refractivity contribution in [3.05, 3.63) is 57.1 Å². The predicted molar refractivity (Wildman–Crippen MR) is 133 cm³/mol.